The van der Waals surface area contributed by atoms with Crippen LogP contribution >= 0.6 is 0 Å². The van der Waals surface area contributed by atoms with E-state index >= 15 is 0 Å². The maximum atomic E-state index is 11.1. The first-order valence-electron chi connectivity index (χ1n) is 10.3. The smallest absolute Gasteiger partial charge is 0.269 e. The Balaban J connectivity index is 0.000000199. The van der Waals surface area contributed by atoms with Gasteiger partial charge in [-0.1, -0.05) is 73.9 Å². The lowest BCUT2D eigenvalue weighted by molar-refractivity contribution is 0.369. The fraction of sp³-hybridized carbons (Fsp3) is 0.280. The third kappa shape index (κ3) is 6.21. The zero-order chi connectivity index (χ0) is 21.2. The standard InChI is InChI=1S/C18H15S.C7H14O3S/c1-4-10-16(11-5-1)19(17-12-6-2-7-13-17)18-14-8-3-9-15-18;1-10-11(8,9)7-5-3-2-4-6-7/h1-15H;7H,2-6H2,1H3/q+1;. The molecule has 0 radical (unpaired) electrons. The van der Waals surface area contributed by atoms with Gasteiger partial charge in [0, 0.05) is 0 Å². The Morgan fingerprint density at radius 1 is 0.667 bits per heavy atom. The number of hydrogen-bond acceptors (Lipinski definition) is 3. The summed E-state index contributed by atoms with van der Waals surface area (Å²) >= 11 is 0. The van der Waals surface area contributed by atoms with E-state index in [1.54, 1.807) is 0 Å². The van der Waals surface area contributed by atoms with Crippen molar-refractivity contribution in [2.75, 3.05) is 7.11 Å². The Labute approximate surface area is 183 Å². The summed E-state index contributed by atoms with van der Waals surface area (Å²) < 4.78 is 26.7. The second kappa shape index (κ2) is 11.3. The molecule has 1 aliphatic rings. The van der Waals surface area contributed by atoms with Gasteiger partial charge in [-0.25, -0.2) is 0 Å². The van der Waals surface area contributed by atoms with Crippen molar-refractivity contribution in [1.82, 2.24) is 0 Å². The van der Waals surface area contributed by atoms with Crippen LogP contribution in [0.2, 0.25) is 0 Å². The highest BCUT2D eigenvalue weighted by Gasteiger charge is 2.28. The highest BCUT2D eigenvalue weighted by molar-refractivity contribution is 7.97. The SMILES string of the molecule is COS(=O)(=O)C1CCCCC1.c1ccc([S+](c2ccccc2)c2ccccc2)cc1. The van der Waals surface area contributed by atoms with Crippen molar-refractivity contribution in [3.8, 4) is 0 Å². The van der Waals surface area contributed by atoms with Gasteiger partial charge in [-0.3, -0.25) is 4.18 Å². The van der Waals surface area contributed by atoms with Crippen molar-refractivity contribution >= 4 is 21.0 Å². The van der Waals surface area contributed by atoms with E-state index in [4.69, 9.17) is 0 Å². The van der Waals surface area contributed by atoms with Gasteiger partial charge in [-0.05, 0) is 49.2 Å². The molecule has 5 heteroatoms. The van der Waals surface area contributed by atoms with Crippen LogP contribution in [0.1, 0.15) is 32.1 Å². The lowest BCUT2D eigenvalue weighted by Gasteiger charge is -2.19. The van der Waals surface area contributed by atoms with Crippen molar-refractivity contribution in [3.63, 3.8) is 0 Å². The van der Waals surface area contributed by atoms with Gasteiger partial charge >= 0.3 is 0 Å². The number of benzene rings is 3. The molecule has 1 saturated carbocycles. The summed E-state index contributed by atoms with van der Waals surface area (Å²) in [6.45, 7) is 0. The van der Waals surface area contributed by atoms with E-state index in [0.29, 0.717) is 0 Å². The molecule has 1 aliphatic carbocycles. The minimum atomic E-state index is -3.22. The van der Waals surface area contributed by atoms with Gasteiger partial charge in [-0.15, -0.1) is 0 Å². The van der Waals surface area contributed by atoms with Crippen LogP contribution in [0.15, 0.2) is 106 Å². The van der Waals surface area contributed by atoms with Crippen LogP contribution in [-0.4, -0.2) is 20.8 Å². The van der Waals surface area contributed by atoms with Gasteiger partial charge in [0.2, 0.25) is 0 Å². The molecule has 1 fully saturated rings. The van der Waals surface area contributed by atoms with E-state index in [-0.39, 0.29) is 16.1 Å². The normalized spacial score (nSPS) is 14.7. The Kier molecular flexibility index (Phi) is 8.55. The molecule has 0 unspecified atom stereocenters. The van der Waals surface area contributed by atoms with Gasteiger partial charge in [-0.2, -0.15) is 8.42 Å². The highest BCUT2D eigenvalue weighted by Crippen LogP contribution is 2.30. The van der Waals surface area contributed by atoms with Crippen LogP contribution in [0.4, 0.5) is 0 Å². The van der Waals surface area contributed by atoms with Gasteiger partial charge in [0.25, 0.3) is 10.1 Å². The van der Waals surface area contributed by atoms with Crippen molar-refractivity contribution in [3.05, 3.63) is 91.0 Å². The molecule has 0 heterocycles. The second-order valence-corrected chi connectivity index (χ2v) is 11.2. The van der Waals surface area contributed by atoms with Crippen LogP contribution in [0.3, 0.4) is 0 Å². The molecule has 0 saturated heterocycles. The zero-order valence-electron chi connectivity index (χ0n) is 17.3. The van der Waals surface area contributed by atoms with Crippen molar-refractivity contribution in [2.24, 2.45) is 0 Å². The Bertz CT molecular complexity index is 875. The maximum absolute atomic E-state index is 11.1. The largest absolute Gasteiger partial charge is 0.273 e. The molecule has 0 spiro atoms. The monoisotopic (exact) mass is 441 g/mol. The minimum absolute atomic E-state index is 0.0146. The van der Waals surface area contributed by atoms with Crippen LogP contribution in [0.5, 0.6) is 0 Å². The fourth-order valence-corrected chi connectivity index (χ4v) is 6.86. The van der Waals surface area contributed by atoms with E-state index in [2.05, 4.69) is 95.2 Å². The van der Waals surface area contributed by atoms with Gasteiger partial charge < -0.3 is 0 Å². The Morgan fingerprint density at radius 2 is 1.03 bits per heavy atom. The predicted molar refractivity (Wildman–Crippen MR) is 124 cm³/mol. The van der Waals surface area contributed by atoms with Crippen molar-refractivity contribution < 1.29 is 12.6 Å². The third-order valence-corrected chi connectivity index (χ3v) is 9.11. The lowest BCUT2D eigenvalue weighted by atomic mass is 10.0. The topological polar surface area (TPSA) is 43.4 Å². The molecule has 4 rings (SSSR count). The van der Waals surface area contributed by atoms with Crippen LogP contribution in [0.25, 0.3) is 0 Å². The highest BCUT2D eigenvalue weighted by atomic mass is 32.2. The maximum Gasteiger partial charge on any atom is 0.269 e. The van der Waals surface area contributed by atoms with Crippen LogP contribution in [-0.2, 0) is 25.2 Å². The molecule has 158 valence electrons. The molecule has 3 nitrogen and oxygen atoms in total. The molecule has 3 aromatic rings. The van der Waals surface area contributed by atoms with Crippen LogP contribution in [0, 0.1) is 0 Å². The average molecular weight is 442 g/mol. The molecule has 0 bridgehead atoms. The summed E-state index contributed by atoms with van der Waals surface area (Å²) in [6.07, 6.45) is 4.75. The predicted octanol–water partition coefficient (Wildman–Crippen LogP) is 6.08. The van der Waals surface area contributed by atoms with E-state index in [1.807, 2.05) is 0 Å². The van der Waals surface area contributed by atoms with Gasteiger partial charge in [0.1, 0.15) is 0 Å². The first-order valence-corrected chi connectivity index (χ1v) is 13.0. The van der Waals surface area contributed by atoms with Gasteiger partial charge in [0.05, 0.1) is 23.3 Å². The van der Waals surface area contributed by atoms with E-state index in [9.17, 15) is 8.42 Å². The number of rotatable bonds is 5. The average Bonchev–Trinajstić information content (AvgIpc) is 2.82. The lowest BCUT2D eigenvalue weighted by Crippen LogP contribution is -2.24. The molecule has 30 heavy (non-hydrogen) atoms. The Hall–Kier alpha value is -2.08. The molecule has 3 aromatic carbocycles. The van der Waals surface area contributed by atoms with E-state index < -0.39 is 10.1 Å². The molecule has 0 aromatic heterocycles. The summed E-state index contributed by atoms with van der Waals surface area (Å²) in [5.41, 5.74) is 0. The molecule has 0 aliphatic heterocycles. The zero-order valence-corrected chi connectivity index (χ0v) is 18.9. The quantitative estimate of drug-likeness (QED) is 0.356. The van der Waals surface area contributed by atoms with Crippen LogP contribution < -0.4 is 0 Å². The molecule has 0 atom stereocenters. The summed E-state index contributed by atoms with van der Waals surface area (Å²) in [4.78, 5) is 4.08. The van der Waals surface area contributed by atoms with Crippen molar-refractivity contribution in [2.45, 2.75) is 52.0 Å². The number of hydrogen-bond donors (Lipinski definition) is 0. The molecule has 0 N–H and O–H groups in total. The Morgan fingerprint density at radius 3 is 1.37 bits per heavy atom. The van der Waals surface area contributed by atoms with Gasteiger partial charge in [0.15, 0.2) is 14.7 Å². The van der Waals surface area contributed by atoms with E-state index in [0.717, 1.165) is 32.1 Å². The molecule has 0 amide bonds. The summed E-state index contributed by atoms with van der Waals surface area (Å²) in [5, 5.41) is -0.235. The van der Waals surface area contributed by atoms with E-state index in [1.165, 1.54) is 21.8 Å². The van der Waals surface area contributed by atoms with Crippen molar-refractivity contribution in [1.29, 1.82) is 0 Å². The molecular formula is C25H29O3S2+. The minimum Gasteiger partial charge on any atom is -0.273 e. The molecular weight excluding hydrogens is 412 g/mol. The summed E-state index contributed by atoms with van der Waals surface area (Å²) in [6, 6.07) is 32.2. The summed E-state index contributed by atoms with van der Waals surface area (Å²) in [7, 11) is -2.00. The second-order valence-electron chi connectivity index (χ2n) is 7.16. The fourth-order valence-electron chi connectivity index (χ4n) is 3.57. The first-order chi connectivity index (χ1) is 14.6. The summed E-state index contributed by atoms with van der Waals surface area (Å²) in [5.74, 6) is 0. The first kappa shape index (κ1) is 22.6. The third-order valence-electron chi connectivity index (χ3n) is 5.13.